The Morgan fingerprint density at radius 3 is 2.19 bits per heavy atom. The van der Waals surface area contributed by atoms with Gasteiger partial charge in [0.2, 0.25) is 0 Å². The molecule has 0 aliphatic rings. The van der Waals surface area contributed by atoms with E-state index in [1.807, 2.05) is 6.08 Å². The molecule has 26 heavy (non-hydrogen) atoms. The SMILES string of the molecule is CCOC(=O)/C(=C/C=C/CC(C)CCC=C(C)C)P(=O)(OCC)OCC. The summed E-state index contributed by atoms with van der Waals surface area (Å²) >= 11 is 0. The van der Waals surface area contributed by atoms with Gasteiger partial charge in [0.1, 0.15) is 5.31 Å². The summed E-state index contributed by atoms with van der Waals surface area (Å²) in [6.07, 6.45) is 10.5. The summed E-state index contributed by atoms with van der Waals surface area (Å²) in [5.74, 6) is -0.147. The van der Waals surface area contributed by atoms with Crippen molar-refractivity contribution in [2.45, 2.75) is 60.8 Å². The zero-order valence-corrected chi connectivity index (χ0v) is 18.0. The van der Waals surface area contributed by atoms with Crippen LogP contribution in [0.5, 0.6) is 0 Å². The third-order valence-electron chi connectivity index (χ3n) is 3.52. The maximum absolute atomic E-state index is 12.9. The molecule has 0 amide bonds. The number of esters is 1. The lowest BCUT2D eigenvalue weighted by Gasteiger charge is -2.18. The molecule has 5 nitrogen and oxygen atoms in total. The predicted molar refractivity (Wildman–Crippen MR) is 107 cm³/mol. The molecule has 0 aliphatic heterocycles. The molecule has 0 aliphatic carbocycles. The molecule has 0 aromatic carbocycles. The monoisotopic (exact) mass is 386 g/mol. The van der Waals surface area contributed by atoms with Gasteiger partial charge in [-0.15, -0.1) is 0 Å². The van der Waals surface area contributed by atoms with Crippen LogP contribution in [0.1, 0.15) is 60.8 Å². The highest BCUT2D eigenvalue weighted by Crippen LogP contribution is 2.56. The molecule has 0 rings (SSSR count). The molecule has 1 unspecified atom stereocenters. The fraction of sp³-hybridized carbons (Fsp3) is 0.650. The molecule has 0 fully saturated rings. The molecule has 6 heteroatoms. The number of rotatable bonds is 13. The van der Waals surface area contributed by atoms with Crippen LogP contribution >= 0.6 is 7.60 Å². The first-order valence-electron chi connectivity index (χ1n) is 9.37. The molecule has 0 spiro atoms. The minimum absolute atomic E-state index is 0.0588. The maximum Gasteiger partial charge on any atom is 0.368 e. The lowest BCUT2D eigenvalue weighted by molar-refractivity contribution is -0.137. The van der Waals surface area contributed by atoms with Crippen molar-refractivity contribution in [2.75, 3.05) is 19.8 Å². The van der Waals surface area contributed by atoms with E-state index >= 15 is 0 Å². The first-order valence-corrected chi connectivity index (χ1v) is 10.9. The Hall–Kier alpha value is -1.16. The standard InChI is InChI=1S/C20H35O5P/c1-7-23-20(21)19(26(22,24-8-2)25-9-3)16-11-10-14-18(6)15-12-13-17(4)5/h10-11,13,16,18H,7-9,12,14-15H2,1-6H3/b11-10+,19-16-. The molecule has 0 radical (unpaired) electrons. The molecule has 0 bridgehead atoms. The highest BCUT2D eigenvalue weighted by molar-refractivity contribution is 7.59. The minimum atomic E-state index is -3.68. The number of carbonyl (C=O) groups is 1. The van der Waals surface area contributed by atoms with Gasteiger partial charge in [-0.3, -0.25) is 4.57 Å². The fourth-order valence-corrected chi connectivity index (χ4v) is 3.83. The topological polar surface area (TPSA) is 61.8 Å². The fourth-order valence-electron chi connectivity index (χ4n) is 2.24. The minimum Gasteiger partial charge on any atom is -0.462 e. The van der Waals surface area contributed by atoms with Gasteiger partial charge in [0.25, 0.3) is 0 Å². The third-order valence-corrected chi connectivity index (χ3v) is 5.64. The van der Waals surface area contributed by atoms with E-state index in [9.17, 15) is 9.36 Å². The van der Waals surface area contributed by atoms with Crippen LogP contribution < -0.4 is 0 Å². The van der Waals surface area contributed by atoms with Crippen LogP contribution in [0.2, 0.25) is 0 Å². The van der Waals surface area contributed by atoms with Crippen LogP contribution in [0.15, 0.2) is 35.2 Å². The van der Waals surface area contributed by atoms with Gasteiger partial charge in [-0.25, -0.2) is 4.79 Å². The highest BCUT2D eigenvalue weighted by atomic mass is 31.2. The maximum atomic E-state index is 12.9. The molecule has 0 aromatic heterocycles. The molecule has 1 atom stereocenters. The summed E-state index contributed by atoms with van der Waals surface area (Å²) in [5.41, 5.74) is 1.33. The van der Waals surface area contributed by atoms with Crippen molar-refractivity contribution >= 4 is 13.6 Å². The Labute approximate surface area is 159 Å². The van der Waals surface area contributed by atoms with Crippen LogP contribution in [0.3, 0.4) is 0 Å². The number of hydrogen-bond acceptors (Lipinski definition) is 5. The molecule has 0 N–H and O–H groups in total. The normalized spacial score (nSPS) is 13.7. The van der Waals surface area contributed by atoms with Crippen LogP contribution in [0, 0.1) is 5.92 Å². The summed E-state index contributed by atoms with van der Waals surface area (Å²) in [7, 11) is -3.68. The molecule has 150 valence electrons. The number of allylic oxidation sites excluding steroid dienone is 5. The average Bonchev–Trinajstić information content (AvgIpc) is 2.54. The third kappa shape index (κ3) is 10.1. The molecule has 0 saturated heterocycles. The second-order valence-electron chi connectivity index (χ2n) is 6.23. The number of ether oxygens (including phenoxy) is 1. The van der Waals surface area contributed by atoms with Crippen molar-refractivity contribution < 1.29 is 23.1 Å². The van der Waals surface area contributed by atoms with E-state index in [0.29, 0.717) is 5.92 Å². The van der Waals surface area contributed by atoms with Crippen molar-refractivity contribution in [2.24, 2.45) is 5.92 Å². The largest absolute Gasteiger partial charge is 0.462 e. The summed E-state index contributed by atoms with van der Waals surface area (Å²) in [5, 5.41) is -0.0588. The molecular weight excluding hydrogens is 351 g/mol. The van der Waals surface area contributed by atoms with Crippen molar-refractivity contribution in [1.82, 2.24) is 0 Å². The van der Waals surface area contributed by atoms with E-state index in [1.54, 1.807) is 26.8 Å². The van der Waals surface area contributed by atoms with E-state index in [4.69, 9.17) is 13.8 Å². The van der Waals surface area contributed by atoms with Gasteiger partial charge in [0.05, 0.1) is 19.8 Å². The van der Waals surface area contributed by atoms with E-state index in [0.717, 1.165) is 19.3 Å². The highest BCUT2D eigenvalue weighted by Gasteiger charge is 2.35. The Morgan fingerprint density at radius 1 is 1.08 bits per heavy atom. The predicted octanol–water partition coefficient (Wildman–Crippen LogP) is 6.03. The summed E-state index contributed by atoms with van der Waals surface area (Å²) in [6.45, 7) is 12.0. The van der Waals surface area contributed by atoms with Crippen LogP contribution in [-0.2, 0) is 23.1 Å². The first-order chi connectivity index (χ1) is 12.3. The van der Waals surface area contributed by atoms with Gasteiger partial charge in [0, 0.05) is 0 Å². The van der Waals surface area contributed by atoms with E-state index in [-0.39, 0.29) is 25.1 Å². The van der Waals surface area contributed by atoms with Gasteiger partial charge in [-0.2, -0.15) is 0 Å². The van der Waals surface area contributed by atoms with E-state index in [1.165, 1.54) is 11.6 Å². The van der Waals surface area contributed by atoms with Crippen molar-refractivity contribution in [3.8, 4) is 0 Å². The van der Waals surface area contributed by atoms with Gasteiger partial charge in [-0.05, 0) is 65.9 Å². The Morgan fingerprint density at radius 2 is 1.69 bits per heavy atom. The molecule has 0 heterocycles. The van der Waals surface area contributed by atoms with Crippen molar-refractivity contribution in [3.63, 3.8) is 0 Å². The molecule has 0 saturated carbocycles. The van der Waals surface area contributed by atoms with Crippen LogP contribution in [-0.4, -0.2) is 25.8 Å². The smallest absolute Gasteiger partial charge is 0.368 e. The summed E-state index contributed by atoms with van der Waals surface area (Å²) < 4.78 is 28.5. The Kier molecular flexibility index (Phi) is 13.3. The van der Waals surface area contributed by atoms with Gasteiger partial charge in [-0.1, -0.05) is 30.7 Å². The lowest BCUT2D eigenvalue weighted by Crippen LogP contribution is -2.11. The average molecular weight is 386 g/mol. The van der Waals surface area contributed by atoms with Crippen molar-refractivity contribution in [3.05, 3.63) is 35.2 Å². The quantitative estimate of drug-likeness (QED) is 0.127. The number of hydrogen-bond donors (Lipinski definition) is 0. The van der Waals surface area contributed by atoms with Gasteiger partial charge in [0.15, 0.2) is 0 Å². The Bertz CT molecular complexity index is 534. The van der Waals surface area contributed by atoms with Gasteiger partial charge >= 0.3 is 13.6 Å². The van der Waals surface area contributed by atoms with E-state index in [2.05, 4.69) is 26.8 Å². The molecule has 0 aromatic rings. The number of carbonyl (C=O) groups excluding carboxylic acids is 1. The zero-order valence-electron chi connectivity index (χ0n) is 17.1. The first kappa shape index (κ1) is 24.8. The summed E-state index contributed by atoms with van der Waals surface area (Å²) in [6, 6.07) is 0. The van der Waals surface area contributed by atoms with Crippen LogP contribution in [0.25, 0.3) is 0 Å². The van der Waals surface area contributed by atoms with Gasteiger partial charge < -0.3 is 13.8 Å². The lowest BCUT2D eigenvalue weighted by atomic mass is 10.0. The Balaban J connectivity index is 5.11. The van der Waals surface area contributed by atoms with Crippen LogP contribution in [0.4, 0.5) is 0 Å². The zero-order chi connectivity index (χ0) is 20.0. The molecular formula is C20H35O5P. The second kappa shape index (κ2) is 14.0. The summed E-state index contributed by atoms with van der Waals surface area (Å²) in [4.78, 5) is 12.2. The van der Waals surface area contributed by atoms with E-state index < -0.39 is 13.6 Å². The second-order valence-corrected chi connectivity index (χ2v) is 8.23. The van der Waals surface area contributed by atoms with Crippen molar-refractivity contribution in [1.29, 1.82) is 0 Å².